The Balaban J connectivity index is 1.91. The van der Waals surface area contributed by atoms with Crippen molar-refractivity contribution in [2.75, 3.05) is 19.8 Å². The van der Waals surface area contributed by atoms with Crippen LogP contribution in [0.5, 0.6) is 0 Å². The van der Waals surface area contributed by atoms with Crippen LogP contribution in [-0.2, 0) is 14.3 Å². The molecule has 2 rings (SSSR count). The molecule has 0 aliphatic heterocycles. The lowest BCUT2D eigenvalue weighted by Gasteiger charge is -2.19. The van der Waals surface area contributed by atoms with Crippen molar-refractivity contribution in [3.63, 3.8) is 0 Å². The monoisotopic (exact) mass is 370 g/mol. The summed E-state index contributed by atoms with van der Waals surface area (Å²) < 4.78 is 5.60. The molecular formula is C21H26N2O4. The summed E-state index contributed by atoms with van der Waals surface area (Å²) in [7, 11) is 0. The fourth-order valence-corrected chi connectivity index (χ4v) is 2.60. The van der Waals surface area contributed by atoms with E-state index in [9.17, 15) is 9.59 Å². The minimum atomic E-state index is -0.720. The number of carbonyl (C=O) groups excluding carboxylic acids is 2. The van der Waals surface area contributed by atoms with Crippen LogP contribution in [0.15, 0.2) is 54.6 Å². The standard InChI is InChI=1S/C21H26N2O4/c1-15-8-10-18(11-9-15)19(27-13-12-24)14-22-20(25)21(26)23-16(2)17-6-4-3-5-7-17/h3-11,16,19,24H,12-14H2,1-2H3,(H,22,25)(H,23,26). The molecule has 0 saturated carbocycles. The predicted octanol–water partition coefficient (Wildman–Crippen LogP) is 2.04. The van der Waals surface area contributed by atoms with E-state index >= 15 is 0 Å². The fraction of sp³-hybridized carbons (Fsp3) is 0.333. The normalized spacial score (nSPS) is 12.9. The first kappa shape index (κ1) is 20.6. The van der Waals surface area contributed by atoms with Gasteiger partial charge in [-0.25, -0.2) is 0 Å². The Kier molecular flexibility index (Phi) is 7.98. The number of aliphatic hydroxyl groups excluding tert-OH is 1. The van der Waals surface area contributed by atoms with Crippen LogP contribution in [0, 0.1) is 6.92 Å². The van der Waals surface area contributed by atoms with Crippen LogP contribution in [0.25, 0.3) is 0 Å². The van der Waals surface area contributed by atoms with Gasteiger partial charge in [0, 0.05) is 6.54 Å². The minimum absolute atomic E-state index is 0.120. The van der Waals surface area contributed by atoms with E-state index < -0.39 is 17.9 Å². The van der Waals surface area contributed by atoms with Gasteiger partial charge >= 0.3 is 11.8 Å². The number of rotatable bonds is 8. The molecule has 2 aromatic rings. The first-order valence-corrected chi connectivity index (χ1v) is 8.94. The van der Waals surface area contributed by atoms with Crippen molar-refractivity contribution in [1.82, 2.24) is 10.6 Å². The molecule has 0 bridgehead atoms. The van der Waals surface area contributed by atoms with Crippen molar-refractivity contribution in [3.8, 4) is 0 Å². The Bertz CT molecular complexity index is 732. The van der Waals surface area contributed by atoms with E-state index in [1.165, 1.54) is 0 Å². The van der Waals surface area contributed by atoms with Gasteiger partial charge in [0.2, 0.25) is 0 Å². The van der Waals surface area contributed by atoms with E-state index in [1.54, 1.807) is 0 Å². The number of benzene rings is 2. The molecule has 0 heterocycles. The van der Waals surface area contributed by atoms with Gasteiger partial charge in [0.15, 0.2) is 0 Å². The number of carbonyl (C=O) groups is 2. The van der Waals surface area contributed by atoms with Crippen LogP contribution in [0.1, 0.15) is 35.8 Å². The van der Waals surface area contributed by atoms with E-state index in [4.69, 9.17) is 9.84 Å². The average molecular weight is 370 g/mol. The van der Waals surface area contributed by atoms with E-state index in [0.717, 1.165) is 16.7 Å². The summed E-state index contributed by atoms with van der Waals surface area (Å²) in [6.45, 7) is 3.96. The fourth-order valence-electron chi connectivity index (χ4n) is 2.60. The lowest BCUT2D eigenvalue weighted by Crippen LogP contribution is -2.42. The molecule has 2 aromatic carbocycles. The van der Waals surface area contributed by atoms with Crippen molar-refractivity contribution in [3.05, 3.63) is 71.3 Å². The third-order valence-electron chi connectivity index (χ3n) is 4.16. The highest BCUT2D eigenvalue weighted by atomic mass is 16.5. The SMILES string of the molecule is Cc1ccc(C(CNC(=O)C(=O)NC(C)c2ccccc2)OCCO)cc1. The molecule has 0 aromatic heterocycles. The van der Waals surface area contributed by atoms with Crippen molar-refractivity contribution in [1.29, 1.82) is 0 Å². The average Bonchev–Trinajstić information content (AvgIpc) is 2.69. The Labute approximate surface area is 159 Å². The first-order valence-electron chi connectivity index (χ1n) is 8.94. The second kappa shape index (κ2) is 10.4. The molecule has 0 spiro atoms. The Hall–Kier alpha value is -2.70. The van der Waals surface area contributed by atoms with Crippen molar-refractivity contribution in [2.45, 2.75) is 26.0 Å². The molecule has 0 radical (unpaired) electrons. The van der Waals surface area contributed by atoms with E-state index in [2.05, 4.69) is 10.6 Å². The van der Waals surface area contributed by atoms with Gasteiger partial charge in [0.1, 0.15) is 0 Å². The number of aliphatic hydroxyl groups is 1. The van der Waals surface area contributed by atoms with Gasteiger partial charge in [-0.3, -0.25) is 9.59 Å². The van der Waals surface area contributed by atoms with Gasteiger partial charge in [-0.1, -0.05) is 60.2 Å². The summed E-state index contributed by atoms with van der Waals surface area (Å²) in [5, 5.41) is 14.3. The van der Waals surface area contributed by atoms with Crippen molar-refractivity contribution in [2.24, 2.45) is 0 Å². The predicted molar refractivity (Wildman–Crippen MR) is 103 cm³/mol. The van der Waals surface area contributed by atoms with Crippen LogP contribution < -0.4 is 10.6 Å². The molecule has 2 unspecified atom stereocenters. The van der Waals surface area contributed by atoms with Gasteiger partial charge in [-0.15, -0.1) is 0 Å². The smallest absolute Gasteiger partial charge is 0.309 e. The van der Waals surface area contributed by atoms with Crippen LogP contribution in [0.2, 0.25) is 0 Å². The van der Waals surface area contributed by atoms with E-state index in [1.807, 2.05) is 68.4 Å². The number of ether oxygens (including phenoxy) is 1. The summed E-state index contributed by atoms with van der Waals surface area (Å²) in [4.78, 5) is 24.3. The largest absolute Gasteiger partial charge is 0.394 e. The molecule has 0 saturated heterocycles. The first-order chi connectivity index (χ1) is 13.0. The molecule has 144 valence electrons. The molecule has 0 aliphatic rings. The highest BCUT2D eigenvalue weighted by Gasteiger charge is 2.19. The van der Waals surface area contributed by atoms with Crippen molar-refractivity contribution < 1.29 is 19.4 Å². The molecular weight excluding hydrogens is 344 g/mol. The number of aryl methyl sites for hydroxylation is 1. The zero-order valence-corrected chi connectivity index (χ0v) is 15.6. The van der Waals surface area contributed by atoms with Gasteiger partial charge in [0.05, 0.1) is 25.4 Å². The third kappa shape index (κ3) is 6.51. The highest BCUT2D eigenvalue weighted by Crippen LogP contribution is 2.17. The number of amides is 2. The summed E-state index contributed by atoms with van der Waals surface area (Å²) >= 11 is 0. The second-order valence-electron chi connectivity index (χ2n) is 6.31. The maximum atomic E-state index is 12.1. The lowest BCUT2D eigenvalue weighted by atomic mass is 10.1. The Morgan fingerprint density at radius 2 is 1.67 bits per heavy atom. The van der Waals surface area contributed by atoms with Crippen LogP contribution in [0.3, 0.4) is 0 Å². The molecule has 27 heavy (non-hydrogen) atoms. The van der Waals surface area contributed by atoms with E-state index in [0.29, 0.717) is 0 Å². The maximum absolute atomic E-state index is 12.1. The Morgan fingerprint density at radius 1 is 1.00 bits per heavy atom. The molecule has 6 heteroatoms. The van der Waals surface area contributed by atoms with Gasteiger partial charge in [-0.2, -0.15) is 0 Å². The van der Waals surface area contributed by atoms with Gasteiger partial charge in [-0.05, 0) is 25.0 Å². The molecule has 0 aliphatic carbocycles. The summed E-state index contributed by atoms with van der Waals surface area (Å²) in [5.74, 6) is -1.42. The number of hydrogen-bond donors (Lipinski definition) is 3. The van der Waals surface area contributed by atoms with Crippen molar-refractivity contribution >= 4 is 11.8 Å². The number of nitrogens with one attached hydrogen (secondary N) is 2. The molecule has 0 fully saturated rings. The second-order valence-corrected chi connectivity index (χ2v) is 6.31. The zero-order chi connectivity index (χ0) is 19.6. The van der Waals surface area contributed by atoms with Crippen LogP contribution in [-0.4, -0.2) is 36.7 Å². The Morgan fingerprint density at radius 3 is 2.30 bits per heavy atom. The summed E-state index contributed by atoms with van der Waals surface area (Å²) in [6.07, 6.45) is -0.443. The maximum Gasteiger partial charge on any atom is 0.309 e. The molecule has 6 nitrogen and oxygen atoms in total. The van der Waals surface area contributed by atoms with Gasteiger partial charge < -0.3 is 20.5 Å². The van der Waals surface area contributed by atoms with Crippen LogP contribution >= 0.6 is 0 Å². The molecule has 3 N–H and O–H groups in total. The third-order valence-corrected chi connectivity index (χ3v) is 4.16. The van der Waals surface area contributed by atoms with E-state index in [-0.39, 0.29) is 25.8 Å². The number of hydrogen-bond acceptors (Lipinski definition) is 4. The highest BCUT2D eigenvalue weighted by molar-refractivity contribution is 6.35. The zero-order valence-electron chi connectivity index (χ0n) is 15.6. The minimum Gasteiger partial charge on any atom is -0.394 e. The topological polar surface area (TPSA) is 87.7 Å². The molecule has 2 atom stereocenters. The summed E-state index contributed by atoms with van der Waals surface area (Å²) in [5.41, 5.74) is 2.90. The summed E-state index contributed by atoms with van der Waals surface area (Å²) in [6, 6.07) is 16.8. The van der Waals surface area contributed by atoms with Gasteiger partial charge in [0.25, 0.3) is 0 Å². The lowest BCUT2D eigenvalue weighted by molar-refractivity contribution is -0.140. The van der Waals surface area contributed by atoms with Crippen LogP contribution in [0.4, 0.5) is 0 Å². The molecule has 2 amide bonds. The quantitative estimate of drug-likeness (QED) is 0.621.